The van der Waals surface area contributed by atoms with Crippen LogP contribution in [-0.2, 0) is 0 Å². The predicted molar refractivity (Wildman–Crippen MR) is 51.1 cm³/mol. The van der Waals surface area contributed by atoms with E-state index in [4.69, 9.17) is 5.11 Å². The fourth-order valence-corrected chi connectivity index (χ4v) is 2.37. The molecule has 1 saturated heterocycles. The summed E-state index contributed by atoms with van der Waals surface area (Å²) in [4.78, 5) is 2.45. The Labute approximate surface area is 75.6 Å². The molecule has 0 aromatic rings. The van der Waals surface area contributed by atoms with Crippen LogP contribution < -0.4 is 0 Å². The first kappa shape index (κ1) is 10.0. The Morgan fingerprint density at radius 1 is 1.42 bits per heavy atom. The van der Waals surface area contributed by atoms with Crippen molar-refractivity contribution < 1.29 is 5.11 Å². The summed E-state index contributed by atoms with van der Waals surface area (Å²) in [6.07, 6.45) is 2.43. The Morgan fingerprint density at radius 3 is 2.50 bits per heavy atom. The van der Waals surface area contributed by atoms with Crippen LogP contribution in [0.2, 0.25) is 0 Å². The summed E-state index contributed by atoms with van der Waals surface area (Å²) in [6.45, 7) is 8.13. The topological polar surface area (TPSA) is 23.5 Å². The molecular formula is C10H21NO. The average molecular weight is 171 g/mol. The van der Waals surface area contributed by atoms with Gasteiger partial charge in [-0.2, -0.15) is 0 Å². The quantitative estimate of drug-likeness (QED) is 0.695. The van der Waals surface area contributed by atoms with Gasteiger partial charge in [0.2, 0.25) is 0 Å². The van der Waals surface area contributed by atoms with Crippen LogP contribution in [0.15, 0.2) is 0 Å². The minimum absolute atomic E-state index is 0.330. The van der Waals surface area contributed by atoms with E-state index in [2.05, 4.69) is 25.7 Å². The summed E-state index contributed by atoms with van der Waals surface area (Å²) in [5, 5.41) is 9.13. The average Bonchev–Trinajstić information content (AvgIpc) is 2.46. The van der Waals surface area contributed by atoms with Crippen LogP contribution in [-0.4, -0.2) is 35.2 Å². The molecule has 1 unspecified atom stereocenters. The zero-order valence-electron chi connectivity index (χ0n) is 8.45. The van der Waals surface area contributed by atoms with Crippen molar-refractivity contribution in [1.29, 1.82) is 0 Å². The van der Waals surface area contributed by atoms with E-state index in [1.807, 2.05) is 0 Å². The summed E-state index contributed by atoms with van der Waals surface area (Å²) < 4.78 is 0. The maximum atomic E-state index is 9.13. The fourth-order valence-electron chi connectivity index (χ4n) is 2.37. The highest BCUT2D eigenvalue weighted by molar-refractivity contribution is 4.87. The third-order valence-electron chi connectivity index (χ3n) is 3.04. The third kappa shape index (κ3) is 1.80. The molecule has 12 heavy (non-hydrogen) atoms. The highest BCUT2D eigenvalue weighted by Gasteiger charge is 2.32. The van der Waals surface area contributed by atoms with Gasteiger partial charge in [-0.3, -0.25) is 4.90 Å². The monoisotopic (exact) mass is 171 g/mol. The zero-order valence-corrected chi connectivity index (χ0v) is 8.45. The Balaban J connectivity index is 2.56. The van der Waals surface area contributed by atoms with E-state index in [-0.39, 0.29) is 0 Å². The number of likely N-dealkylation sites (tertiary alicyclic amines) is 1. The number of hydrogen-bond donors (Lipinski definition) is 1. The second-order valence-electron chi connectivity index (χ2n) is 4.06. The standard InChI is InChI=1S/C10H21NO/c1-4-11-9(7-12)5-6-10(11)8(2)3/h8-10,12H,4-7H2,1-3H3/t9?,10-/m0/s1. The van der Waals surface area contributed by atoms with Crippen molar-refractivity contribution >= 4 is 0 Å². The molecule has 2 heteroatoms. The summed E-state index contributed by atoms with van der Waals surface area (Å²) >= 11 is 0. The smallest absolute Gasteiger partial charge is 0.0586 e. The lowest BCUT2D eigenvalue weighted by Gasteiger charge is -2.30. The van der Waals surface area contributed by atoms with Crippen LogP contribution in [0.3, 0.4) is 0 Å². The molecule has 0 bridgehead atoms. The summed E-state index contributed by atoms with van der Waals surface area (Å²) in [6, 6.07) is 1.13. The SMILES string of the molecule is CCN1C(CO)CC[C@H]1C(C)C. The Hall–Kier alpha value is -0.0800. The van der Waals surface area contributed by atoms with Crippen molar-refractivity contribution in [3.8, 4) is 0 Å². The highest BCUT2D eigenvalue weighted by Crippen LogP contribution is 2.28. The fraction of sp³-hybridized carbons (Fsp3) is 1.00. The predicted octanol–water partition coefficient (Wildman–Crippen LogP) is 1.49. The van der Waals surface area contributed by atoms with Crippen LogP contribution in [0, 0.1) is 5.92 Å². The van der Waals surface area contributed by atoms with Gasteiger partial charge in [-0.25, -0.2) is 0 Å². The molecule has 2 nitrogen and oxygen atoms in total. The van der Waals surface area contributed by atoms with E-state index in [0.29, 0.717) is 18.7 Å². The summed E-state index contributed by atoms with van der Waals surface area (Å²) in [7, 11) is 0. The molecule has 0 radical (unpaired) electrons. The molecule has 0 spiro atoms. The Bertz CT molecular complexity index is 136. The van der Waals surface area contributed by atoms with E-state index in [1.165, 1.54) is 12.8 Å². The van der Waals surface area contributed by atoms with E-state index in [9.17, 15) is 0 Å². The molecular weight excluding hydrogens is 150 g/mol. The van der Waals surface area contributed by atoms with Crippen molar-refractivity contribution in [2.45, 2.75) is 45.7 Å². The van der Waals surface area contributed by atoms with E-state index in [1.54, 1.807) is 0 Å². The first-order valence-electron chi connectivity index (χ1n) is 5.07. The van der Waals surface area contributed by atoms with Gasteiger partial charge < -0.3 is 5.11 Å². The highest BCUT2D eigenvalue weighted by atomic mass is 16.3. The van der Waals surface area contributed by atoms with Gasteiger partial charge in [-0.05, 0) is 25.3 Å². The van der Waals surface area contributed by atoms with Crippen molar-refractivity contribution in [3.05, 3.63) is 0 Å². The molecule has 1 N–H and O–H groups in total. The van der Waals surface area contributed by atoms with Gasteiger partial charge in [0.1, 0.15) is 0 Å². The van der Waals surface area contributed by atoms with Crippen molar-refractivity contribution in [3.63, 3.8) is 0 Å². The van der Waals surface area contributed by atoms with Gasteiger partial charge in [0.05, 0.1) is 6.61 Å². The minimum Gasteiger partial charge on any atom is -0.395 e. The second kappa shape index (κ2) is 4.24. The lowest BCUT2D eigenvalue weighted by Crippen LogP contribution is -2.40. The van der Waals surface area contributed by atoms with Crippen molar-refractivity contribution in [2.75, 3.05) is 13.2 Å². The van der Waals surface area contributed by atoms with Gasteiger partial charge >= 0.3 is 0 Å². The second-order valence-corrected chi connectivity index (χ2v) is 4.06. The Morgan fingerprint density at radius 2 is 2.08 bits per heavy atom. The van der Waals surface area contributed by atoms with Gasteiger partial charge in [0, 0.05) is 12.1 Å². The number of likely N-dealkylation sites (N-methyl/N-ethyl adjacent to an activating group) is 1. The maximum absolute atomic E-state index is 9.13. The molecule has 0 saturated carbocycles. The van der Waals surface area contributed by atoms with Crippen LogP contribution >= 0.6 is 0 Å². The summed E-state index contributed by atoms with van der Waals surface area (Å²) in [5.74, 6) is 0.724. The molecule has 0 aromatic heterocycles. The molecule has 1 fully saturated rings. The van der Waals surface area contributed by atoms with Crippen LogP contribution in [0.4, 0.5) is 0 Å². The third-order valence-corrected chi connectivity index (χ3v) is 3.04. The molecule has 1 heterocycles. The molecule has 72 valence electrons. The van der Waals surface area contributed by atoms with E-state index >= 15 is 0 Å². The normalized spacial score (nSPS) is 31.8. The van der Waals surface area contributed by atoms with Crippen molar-refractivity contribution in [2.24, 2.45) is 5.92 Å². The first-order valence-corrected chi connectivity index (χ1v) is 5.07. The number of nitrogens with zero attached hydrogens (tertiary/aromatic N) is 1. The van der Waals surface area contributed by atoms with E-state index in [0.717, 1.165) is 12.5 Å². The van der Waals surface area contributed by atoms with Gasteiger partial charge in [-0.1, -0.05) is 20.8 Å². The maximum Gasteiger partial charge on any atom is 0.0586 e. The lowest BCUT2D eigenvalue weighted by atomic mass is 10.0. The van der Waals surface area contributed by atoms with Crippen LogP contribution in [0.25, 0.3) is 0 Å². The molecule has 1 aliphatic heterocycles. The minimum atomic E-state index is 0.330. The molecule has 2 atom stereocenters. The molecule has 0 aromatic carbocycles. The van der Waals surface area contributed by atoms with Crippen LogP contribution in [0.5, 0.6) is 0 Å². The lowest BCUT2D eigenvalue weighted by molar-refractivity contribution is 0.116. The number of rotatable bonds is 3. The van der Waals surface area contributed by atoms with E-state index < -0.39 is 0 Å². The first-order chi connectivity index (χ1) is 5.70. The van der Waals surface area contributed by atoms with Gasteiger partial charge in [0.15, 0.2) is 0 Å². The molecule has 0 aliphatic carbocycles. The van der Waals surface area contributed by atoms with Crippen LogP contribution in [0.1, 0.15) is 33.6 Å². The van der Waals surface area contributed by atoms with Crippen molar-refractivity contribution in [1.82, 2.24) is 4.90 Å². The largest absolute Gasteiger partial charge is 0.395 e. The summed E-state index contributed by atoms with van der Waals surface area (Å²) in [5.41, 5.74) is 0. The molecule has 1 aliphatic rings. The number of hydrogen-bond acceptors (Lipinski definition) is 2. The Kier molecular flexibility index (Phi) is 3.53. The van der Waals surface area contributed by atoms with Gasteiger partial charge in [0.25, 0.3) is 0 Å². The number of aliphatic hydroxyl groups is 1. The molecule has 1 rings (SSSR count). The zero-order chi connectivity index (χ0) is 9.14. The number of aliphatic hydroxyl groups excluding tert-OH is 1. The molecule has 0 amide bonds. The van der Waals surface area contributed by atoms with Gasteiger partial charge in [-0.15, -0.1) is 0 Å².